The maximum atomic E-state index is 12.1. The third-order valence-electron chi connectivity index (χ3n) is 3.51. The summed E-state index contributed by atoms with van der Waals surface area (Å²) < 4.78 is 20.5. The van der Waals surface area contributed by atoms with Crippen LogP contribution in [0.15, 0.2) is 18.2 Å². The van der Waals surface area contributed by atoms with Crippen LogP contribution in [0, 0.1) is 0 Å². The highest BCUT2D eigenvalue weighted by Crippen LogP contribution is 2.28. The molecular weight excluding hydrogens is 354 g/mol. The Hall–Kier alpha value is -2.48. The van der Waals surface area contributed by atoms with Gasteiger partial charge < -0.3 is 29.4 Å². The molecule has 0 bridgehead atoms. The zero-order valence-electron chi connectivity index (χ0n) is 16.7. The van der Waals surface area contributed by atoms with Crippen molar-refractivity contribution in [1.82, 2.24) is 5.32 Å². The van der Waals surface area contributed by atoms with Crippen molar-refractivity contribution in [2.24, 2.45) is 0 Å². The molecule has 1 aromatic rings. The van der Waals surface area contributed by atoms with E-state index in [4.69, 9.17) is 18.9 Å². The second-order valence-corrected chi connectivity index (χ2v) is 6.84. The van der Waals surface area contributed by atoms with Crippen molar-refractivity contribution in [2.45, 2.75) is 51.9 Å². The van der Waals surface area contributed by atoms with E-state index in [-0.39, 0.29) is 13.0 Å². The number of amides is 1. The summed E-state index contributed by atoms with van der Waals surface area (Å²) in [7, 11) is 3.03. The normalized spacial score (nSPS) is 13.3. The third-order valence-corrected chi connectivity index (χ3v) is 3.51. The Morgan fingerprint density at radius 2 is 1.78 bits per heavy atom. The highest BCUT2D eigenvalue weighted by Gasteiger charge is 2.31. The molecule has 0 heterocycles. The van der Waals surface area contributed by atoms with Crippen LogP contribution < -0.4 is 14.8 Å². The van der Waals surface area contributed by atoms with Gasteiger partial charge in [0.25, 0.3) is 0 Å². The minimum atomic E-state index is -1.55. The number of carbonyl (C=O) groups excluding carboxylic acids is 2. The Balaban J connectivity index is 3.03. The maximum absolute atomic E-state index is 12.1. The van der Waals surface area contributed by atoms with Crippen molar-refractivity contribution in [3.05, 3.63) is 23.8 Å². The van der Waals surface area contributed by atoms with Gasteiger partial charge in [-0.05, 0) is 51.8 Å². The van der Waals surface area contributed by atoms with E-state index >= 15 is 0 Å². The van der Waals surface area contributed by atoms with E-state index in [9.17, 15) is 14.7 Å². The summed E-state index contributed by atoms with van der Waals surface area (Å²) in [4.78, 5) is 24.1. The lowest BCUT2D eigenvalue weighted by Crippen LogP contribution is -2.50. The Morgan fingerprint density at radius 1 is 1.15 bits per heavy atom. The Labute approximate surface area is 159 Å². The first-order chi connectivity index (χ1) is 12.6. The minimum absolute atomic E-state index is 0.116. The zero-order valence-corrected chi connectivity index (χ0v) is 16.7. The number of hydrogen-bond acceptors (Lipinski definition) is 7. The Kier molecular flexibility index (Phi) is 8.36. The molecule has 0 radical (unpaired) electrons. The van der Waals surface area contributed by atoms with Gasteiger partial charge in [0.2, 0.25) is 0 Å². The second kappa shape index (κ2) is 10.0. The number of rotatable bonds is 8. The van der Waals surface area contributed by atoms with E-state index in [1.54, 1.807) is 45.9 Å². The van der Waals surface area contributed by atoms with Gasteiger partial charge in [-0.25, -0.2) is 9.59 Å². The molecule has 8 heteroatoms. The first-order valence-corrected chi connectivity index (χ1v) is 8.66. The van der Waals surface area contributed by atoms with Gasteiger partial charge in [-0.1, -0.05) is 6.07 Å². The quantitative estimate of drug-likeness (QED) is 0.662. The van der Waals surface area contributed by atoms with Crippen LogP contribution in [0.4, 0.5) is 4.79 Å². The summed E-state index contributed by atoms with van der Waals surface area (Å²) in [5.41, 5.74) is 0.00407. The van der Waals surface area contributed by atoms with E-state index in [0.717, 1.165) is 5.56 Å². The molecule has 0 aromatic heterocycles. The summed E-state index contributed by atoms with van der Waals surface area (Å²) >= 11 is 0. The van der Waals surface area contributed by atoms with Gasteiger partial charge in [0.1, 0.15) is 5.60 Å². The molecule has 0 aliphatic carbocycles. The number of ether oxygens (including phenoxy) is 4. The molecule has 2 atom stereocenters. The summed E-state index contributed by atoms with van der Waals surface area (Å²) in [5.74, 6) is 0.222. The first-order valence-electron chi connectivity index (χ1n) is 8.66. The predicted molar refractivity (Wildman–Crippen MR) is 99.0 cm³/mol. The molecule has 0 aliphatic heterocycles. The molecule has 0 saturated carbocycles. The van der Waals surface area contributed by atoms with Crippen LogP contribution in [-0.4, -0.2) is 55.7 Å². The van der Waals surface area contributed by atoms with Crippen LogP contribution in [0.1, 0.15) is 33.3 Å². The van der Waals surface area contributed by atoms with Crippen molar-refractivity contribution in [3.63, 3.8) is 0 Å². The number of aliphatic hydroxyl groups excluding tert-OH is 1. The first kappa shape index (κ1) is 22.6. The van der Waals surface area contributed by atoms with Gasteiger partial charge in [-0.2, -0.15) is 0 Å². The van der Waals surface area contributed by atoms with Gasteiger partial charge in [-0.3, -0.25) is 0 Å². The molecule has 1 aromatic carbocycles. The van der Waals surface area contributed by atoms with Gasteiger partial charge in [0, 0.05) is 0 Å². The van der Waals surface area contributed by atoms with Gasteiger partial charge in [0.05, 0.1) is 26.9 Å². The van der Waals surface area contributed by atoms with Crippen LogP contribution in [0.25, 0.3) is 0 Å². The fourth-order valence-electron chi connectivity index (χ4n) is 2.35. The molecule has 1 rings (SSSR count). The Morgan fingerprint density at radius 3 is 2.30 bits per heavy atom. The number of hydrogen-bond donors (Lipinski definition) is 2. The second-order valence-electron chi connectivity index (χ2n) is 6.84. The van der Waals surface area contributed by atoms with Crippen LogP contribution in [-0.2, 0) is 20.7 Å². The molecule has 0 fully saturated rings. The summed E-state index contributed by atoms with van der Waals surface area (Å²) in [6, 6.07) is 4.22. The maximum Gasteiger partial charge on any atom is 0.407 e. The summed E-state index contributed by atoms with van der Waals surface area (Å²) in [6.07, 6.45) is -2.14. The molecule has 0 saturated heterocycles. The standard InChI is InChI=1S/C19H29NO7/c1-7-26-17(22)16(21)13(20-18(23)27-19(2,3)4)10-12-8-9-14(24-5)15(11-12)25-6/h8-9,11,13,16,21H,7,10H2,1-6H3,(H,20,23). The summed E-state index contributed by atoms with van der Waals surface area (Å²) in [6.45, 7) is 6.91. The van der Waals surface area contributed by atoms with Crippen LogP contribution in [0.2, 0.25) is 0 Å². The number of alkyl carbamates (subject to hydrolysis) is 1. The number of aliphatic hydroxyl groups is 1. The molecule has 152 valence electrons. The lowest BCUT2D eigenvalue weighted by Gasteiger charge is -2.26. The lowest BCUT2D eigenvalue weighted by atomic mass is 10.0. The van der Waals surface area contributed by atoms with Gasteiger partial charge in [0.15, 0.2) is 17.6 Å². The molecule has 0 aliphatic rings. The molecular formula is C19H29NO7. The molecule has 1 amide bonds. The van der Waals surface area contributed by atoms with Crippen molar-refractivity contribution in [3.8, 4) is 11.5 Å². The molecule has 2 unspecified atom stereocenters. The fourth-order valence-corrected chi connectivity index (χ4v) is 2.35. The molecule has 27 heavy (non-hydrogen) atoms. The zero-order chi connectivity index (χ0) is 20.6. The average Bonchev–Trinajstić information content (AvgIpc) is 2.58. The van der Waals surface area contributed by atoms with Crippen LogP contribution in [0.5, 0.6) is 11.5 Å². The van der Waals surface area contributed by atoms with Crippen molar-refractivity contribution < 1.29 is 33.6 Å². The van der Waals surface area contributed by atoms with Gasteiger partial charge in [-0.15, -0.1) is 0 Å². The minimum Gasteiger partial charge on any atom is -0.493 e. The molecule has 0 spiro atoms. The fraction of sp³-hybridized carbons (Fsp3) is 0.579. The topological polar surface area (TPSA) is 103 Å². The predicted octanol–water partition coefficient (Wildman–Crippen LogP) is 2.06. The molecule has 8 nitrogen and oxygen atoms in total. The highest BCUT2D eigenvalue weighted by molar-refractivity contribution is 5.77. The number of nitrogens with one attached hydrogen (secondary N) is 1. The number of benzene rings is 1. The number of carbonyl (C=O) groups is 2. The lowest BCUT2D eigenvalue weighted by molar-refractivity contribution is -0.154. The monoisotopic (exact) mass is 383 g/mol. The van der Waals surface area contributed by atoms with Crippen LogP contribution in [0.3, 0.4) is 0 Å². The van der Waals surface area contributed by atoms with E-state index < -0.39 is 29.8 Å². The van der Waals surface area contributed by atoms with E-state index in [1.807, 2.05) is 0 Å². The number of methoxy groups -OCH3 is 2. The summed E-state index contributed by atoms with van der Waals surface area (Å²) in [5, 5.41) is 12.9. The third kappa shape index (κ3) is 7.34. The highest BCUT2D eigenvalue weighted by atomic mass is 16.6. The Bertz CT molecular complexity index is 639. The van der Waals surface area contributed by atoms with E-state index in [0.29, 0.717) is 11.5 Å². The van der Waals surface area contributed by atoms with Crippen molar-refractivity contribution in [1.29, 1.82) is 0 Å². The largest absolute Gasteiger partial charge is 0.493 e. The van der Waals surface area contributed by atoms with E-state index in [2.05, 4.69) is 5.32 Å². The number of esters is 1. The average molecular weight is 383 g/mol. The van der Waals surface area contributed by atoms with Crippen LogP contribution >= 0.6 is 0 Å². The van der Waals surface area contributed by atoms with Crippen molar-refractivity contribution in [2.75, 3.05) is 20.8 Å². The SMILES string of the molecule is CCOC(=O)C(O)C(Cc1ccc(OC)c(OC)c1)NC(=O)OC(C)(C)C. The van der Waals surface area contributed by atoms with Gasteiger partial charge >= 0.3 is 12.1 Å². The smallest absolute Gasteiger partial charge is 0.407 e. The molecule has 2 N–H and O–H groups in total. The van der Waals surface area contributed by atoms with E-state index in [1.165, 1.54) is 14.2 Å². The van der Waals surface area contributed by atoms with Crippen molar-refractivity contribution >= 4 is 12.1 Å².